The van der Waals surface area contributed by atoms with E-state index >= 15 is 0 Å². The van der Waals surface area contributed by atoms with E-state index in [4.69, 9.17) is 0 Å². The lowest BCUT2D eigenvalue weighted by atomic mass is 11.0. The maximum atomic E-state index is 4.19. The smallest absolute Gasteiger partial charge is 0.135 e. The lowest BCUT2D eigenvalue weighted by molar-refractivity contribution is 1.28. The Balaban J connectivity index is 1.93. The summed E-state index contributed by atoms with van der Waals surface area (Å²) in [6.45, 7) is 0. The zero-order chi connectivity index (χ0) is 8.23. The van der Waals surface area contributed by atoms with Crippen LogP contribution in [0.1, 0.15) is 0 Å². The first-order valence-electron chi connectivity index (χ1n) is 3.62. The summed E-state index contributed by atoms with van der Waals surface area (Å²) in [7, 11) is 0. The van der Waals surface area contributed by atoms with E-state index in [1.165, 1.54) is 23.0 Å². The summed E-state index contributed by atoms with van der Waals surface area (Å²) in [5.41, 5.74) is 0. The molecule has 0 aromatic rings. The summed E-state index contributed by atoms with van der Waals surface area (Å²) >= 11 is 7.25. The lowest BCUT2D eigenvalue weighted by Crippen LogP contribution is -1.78. The van der Waals surface area contributed by atoms with Crippen LogP contribution in [0.5, 0.6) is 0 Å². The first kappa shape index (κ1) is 9.30. The molecule has 0 amide bonds. The molecule has 2 fully saturated rings. The Labute approximate surface area is 88.8 Å². The van der Waals surface area contributed by atoms with Crippen LogP contribution in [0, 0.1) is 0 Å². The fourth-order valence-electron chi connectivity index (χ4n) is 0.796. The predicted molar refractivity (Wildman–Crippen MR) is 64.7 cm³/mol. The third kappa shape index (κ3) is 2.61. The number of hydrogen-bond donors (Lipinski definition) is 0. The molecular formula is C6H8N2S4. The minimum Gasteiger partial charge on any atom is -0.135 e. The van der Waals surface area contributed by atoms with Gasteiger partial charge in [0, 0.05) is 23.0 Å². The van der Waals surface area contributed by atoms with E-state index in [9.17, 15) is 0 Å². The molecule has 12 heavy (non-hydrogen) atoms. The van der Waals surface area contributed by atoms with Crippen molar-refractivity contribution in [3.05, 3.63) is 0 Å². The molecule has 2 saturated heterocycles. The topological polar surface area (TPSA) is 24.7 Å². The number of hydrogen-bond acceptors (Lipinski definition) is 6. The molecule has 0 bridgehead atoms. The second-order valence-electron chi connectivity index (χ2n) is 2.13. The summed E-state index contributed by atoms with van der Waals surface area (Å²) in [4.78, 5) is 0. The third-order valence-corrected chi connectivity index (χ3v) is 6.16. The molecule has 0 aliphatic carbocycles. The van der Waals surface area contributed by atoms with E-state index in [-0.39, 0.29) is 0 Å². The number of rotatable bonds is 1. The van der Waals surface area contributed by atoms with Gasteiger partial charge in [-0.25, -0.2) is 0 Å². The molecule has 2 nitrogen and oxygen atoms in total. The summed E-state index contributed by atoms with van der Waals surface area (Å²) in [5, 5.41) is 8.39. The average Bonchev–Trinajstić information content (AvgIpc) is 2.74. The van der Waals surface area contributed by atoms with Gasteiger partial charge in [-0.15, -0.1) is 10.2 Å². The third-order valence-electron chi connectivity index (χ3n) is 1.28. The maximum Gasteiger partial charge on any atom is 0.152 e. The normalized spacial score (nSPS) is 23.3. The fourth-order valence-corrected chi connectivity index (χ4v) is 4.89. The van der Waals surface area contributed by atoms with E-state index in [2.05, 4.69) is 10.2 Å². The largest absolute Gasteiger partial charge is 0.152 e. The molecule has 0 radical (unpaired) electrons. The lowest BCUT2D eigenvalue weighted by Gasteiger charge is -1.89. The average molecular weight is 236 g/mol. The van der Waals surface area contributed by atoms with Crippen LogP contribution in [-0.2, 0) is 0 Å². The Morgan fingerprint density at radius 1 is 0.667 bits per heavy atom. The van der Waals surface area contributed by atoms with Gasteiger partial charge in [-0.2, -0.15) is 0 Å². The first-order valence-corrected chi connectivity index (χ1v) is 7.56. The quantitative estimate of drug-likeness (QED) is 0.653. The highest BCUT2D eigenvalue weighted by atomic mass is 32.2. The minimum absolute atomic E-state index is 1.13. The molecule has 0 spiro atoms. The van der Waals surface area contributed by atoms with Crippen molar-refractivity contribution < 1.29 is 0 Å². The van der Waals surface area contributed by atoms with Crippen LogP contribution in [0.2, 0.25) is 0 Å². The van der Waals surface area contributed by atoms with Gasteiger partial charge in [-0.3, -0.25) is 0 Å². The highest BCUT2D eigenvalue weighted by Crippen LogP contribution is 2.29. The molecule has 0 saturated carbocycles. The van der Waals surface area contributed by atoms with Gasteiger partial charge in [0.05, 0.1) is 0 Å². The van der Waals surface area contributed by atoms with E-state index in [1.54, 1.807) is 0 Å². The standard InChI is InChI=1S/C6H8N2S4/c1-2-10-5(9-1)7-8-6-11-3-4-12-6/h1-4H2. The summed E-state index contributed by atoms with van der Waals surface area (Å²) in [5.74, 6) is 4.76. The molecule has 0 aromatic carbocycles. The number of nitrogens with zero attached hydrogens (tertiary/aromatic N) is 2. The van der Waals surface area contributed by atoms with Crippen LogP contribution in [0.4, 0.5) is 0 Å². The maximum absolute atomic E-state index is 4.19. The Bertz CT molecular complexity index is 186. The zero-order valence-electron chi connectivity index (χ0n) is 6.36. The van der Waals surface area contributed by atoms with Gasteiger partial charge >= 0.3 is 0 Å². The summed E-state index contributed by atoms with van der Waals surface area (Å²) < 4.78 is 2.27. The van der Waals surface area contributed by atoms with Crippen molar-refractivity contribution in [2.24, 2.45) is 10.2 Å². The first-order chi connectivity index (χ1) is 5.95. The van der Waals surface area contributed by atoms with Gasteiger partial charge in [-0.1, -0.05) is 47.0 Å². The van der Waals surface area contributed by atoms with Crippen molar-refractivity contribution in [2.45, 2.75) is 0 Å². The molecule has 2 heterocycles. The van der Waals surface area contributed by atoms with Crippen molar-refractivity contribution in [1.29, 1.82) is 0 Å². The van der Waals surface area contributed by atoms with E-state index in [1.807, 2.05) is 47.0 Å². The van der Waals surface area contributed by atoms with Gasteiger partial charge in [0.1, 0.15) is 0 Å². The fraction of sp³-hybridized carbons (Fsp3) is 0.667. The van der Waals surface area contributed by atoms with Gasteiger partial charge in [0.2, 0.25) is 0 Å². The Kier molecular flexibility index (Phi) is 3.75. The van der Waals surface area contributed by atoms with Crippen molar-refractivity contribution in [3.8, 4) is 0 Å². The molecule has 0 unspecified atom stereocenters. The van der Waals surface area contributed by atoms with Crippen LogP contribution >= 0.6 is 47.0 Å². The van der Waals surface area contributed by atoms with E-state index < -0.39 is 0 Å². The SMILES string of the molecule is C1CSC(=NN=C2SCCS2)S1. The second kappa shape index (κ2) is 4.83. The van der Waals surface area contributed by atoms with Crippen LogP contribution in [0.25, 0.3) is 0 Å². The second-order valence-corrected chi connectivity index (χ2v) is 6.98. The van der Waals surface area contributed by atoms with Gasteiger partial charge < -0.3 is 0 Å². The van der Waals surface area contributed by atoms with E-state index in [0.717, 1.165) is 8.75 Å². The minimum atomic E-state index is 1.13. The highest BCUT2D eigenvalue weighted by molar-refractivity contribution is 8.42. The molecule has 66 valence electrons. The van der Waals surface area contributed by atoms with Crippen molar-refractivity contribution in [3.63, 3.8) is 0 Å². The van der Waals surface area contributed by atoms with Gasteiger partial charge in [0.15, 0.2) is 8.75 Å². The predicted octanol–water partition coefficient (Wildman–Crippen LogP) is 2.57. The monoisotopic (exact) mass is 236 g/mol. The highest BCUT2D eigenvalue weighted by Gasteiger charge is 2.11. The van der Waals surface area contributed by atoms with Crippen LogP contribution in [0.3, 0.4) is 0 Å². The van der Waals surface area contributed by atoms with Crippen LogP contribution in [0.15, 0.2) is 10.2 Å². The molecule has 2 aliphatic heterocycles. The van der Waals surface area contributed by atoms with Crippen molar-refractivity contribution in [2.75, 3.05) is 23.0 Å². The summed E-state index contributed by atoms with van der Waals surface area (Å²) in [6.07, 6.45) is 0. The molecule has 2 aliphatic rings. The Morgan fingerprint density at radius 3 is 1.33 bits per heavy atom. The molecule has 0 aromatic heterocycles. The van der Waals surface area contributed by atoms with Crippen molar-refractivity contribution in [1.82, 2.24) is 0 Å². The summed E-state index contributed by atoms with van der Waals surface area (Å²) in [6, 6.07) is 0. The van der Waals surface area contributed by atoms with Gasteiger partial charge in [-0.05, 0) is 0 Å². The van der Waals surface area contributed by atoms with Crippen LogP contribution in [-0.4, -0.2) is 31.8 Å². The molecule has 0 N–H and O–H groups in total. The number of thioether (sulfide) groups is 4. The Hall–Kier alpha value is 0.740. The van der Waals surface area contributed by atoms with E-state index in [0.29, 0.717) is 0 Å². The zero-order valence-corrected chi connectivity index (χ0v) is 9.62. The molecule has 2 rings (SSSR count). The molecule has 0 atom stereocenters. The van der Waals surface area contributed by atoms with Crippen LogP contribution < -0.4 is 0 Å². The Morgan fingerprint density at radius 2 is 1.00 bits per heavy atom. The van der Waals surface area contributed by atoms with Gasteiger partial charge in [0.25, 0.3) is 0 Å². The van der Waals surface area contributed by atoms with Crippen molar-refractivity contribution >= 4 is 55.8 Å². The molecule has 6 heteroatoms. The molecular weight excluding hydrogens is 228 g/mol.